The van der Waals surface area contributed by atoms with Gasteiger partial charge >= 0.3 is 0 Å². The van der Waals surface area contributed by atoms with Crippen molar-refractivity contribution in [2.45, 2.75) is 45.8 Å². The molecule has 5 nitrogen and oxygen atoms in total. The van der Waals surface area contributed by atoms with Gasteiger partial charge in [0.1, 0.15) is 17.3 Å². The minimum Gasteiger partial charge on any atom is -0.507 e. The van der Waals surface area contributed by atoms with E-state index in [0.717, 1.165) is 6.42 Å². The van der Waals surface area contributed by atoms with E-state index in [-0.39, 0.29) is 23.0 Å². The Morgan fingerprint density at radius 3 is 2.40 bits per heavy atom. The number of aliphatic hydroxyl groups is 1. The average Bonchev–Trinajstić information content (AvgIpc) is 2.96. The van der Waals surface area contributed by atoms with Crippen LogP contribution in [0.15, 0.2) is 54.1 Å². The van der Waals surface area contributed by atoms with Crippen molar-refractivity contribution in [1.82, 2.24) is 4.90 Å². The van der Waals surface area contributed by atoms with Gasteiger partial charge in [-0.25, -0.2) is 4.39 Å². The first kappa shape index (κ1) is 21.6. The summed E-state index contributed by atoms with van der Waals surface area (Å²) in [6.45, 7) is 6.08. The van der Waals surface area contributed by atoms with E-state index in [1.54, 1.807) is 36.4 Å². The van der Waals surface area contributed by atoms with E-state index in [4.69, 9.17) is 4.74 Å². The third-order valence-corrected chi connectivity index (χ3v) is 4.99. The molecule has 158 valence electrons. The molecule has 0 spiro atoms. The number of ketones is 1. The maximum absolute atomic E-state index is 14.6. The fourth-order valence-corrected chi connectivity index (χ4v) is 3.58. The van der Waals surface area contributed by atoms with Gasteiger partial charge in [-0.1, -0.05) is 31.5 Å². The Morgan fingerprint density at radius 2 is 1.80 bits per heavy atom. The van der Waals surface area contributed by atoms with Crippen molar-refractivity contribution in [3.63, 3.8) is 0 Å². The highest BCUT2D eigenvalue weighted by Crippen LogP contribution is 2.40. The Hall–Kier alpha value is -3.15. The van der Waals surface area contributed by atoms with Gasteiger partial charge in [0.2, 0.25) is 0 Å². The molecular weight excluding hydrogens is 385 g/mol. The van der Waals surface area contributed by atoms with E-state index >= 15 is 0 Å². The lowest BCUT2D eigenvalue weighted by Gasteiger charge is -2.25. The molecule has 1 unspecified atom stereocenters. The Kier molecular flexibility index (Phi) is 6.55. The van der Waals surface area contributed by atoms with Gasteiger partial charge in [-0.15, -0.1) is 0 Å². The summed E-state index contributed by atoms with van der Waals surface area (Å²) in [5.41, 5.74) is 0.453. The number of hydrogen-bond donors (Lipinski definition) is 1. The molecule has 2 aromatic rings. The highest BCUT2D eigenvalue weighted by atomic mass is 19.1. The zero-order chi connectivity index (χ0) is 21.8. The van der Waals surface area contributed by atoms with Gasteiger partial charge in [0.05, 0.1) is 17.7 Å². The first-order valence-corrected chi connectivity index (χ1v) is 10.1. The van der Waals surface area contributed by atoms with Crippen molar-refractivity contribution >= 4 is 17.4 Å². The predicted molar refractivity (Wildman–Crippen MR) is 113 cm³/mol. The van der Waals surface area contributed by atoms with Crippen LogP contribution in [0.25, 0.3) is 5.76 Å². The number of carbonyl (C=O) groups excluding carboxylic acids is 2. The molecule has 1 N–H and O–H groups in total. The van der Waals surface area contributed by atoms with Crippen LogP contribution in [0.5, 0.6) is 5.75 Å². The molecule has 1 aliphatic heterocycles. The molecule has 30 heavy (non-hydrogen) atoms. The molecule has 1 fully saturated rings. The van der Waals surface area contributed by atoms with E-state index in [1.807, 2.05) is 20.8 Å². The lowest BCUT2D eigenvalue weighted by atomic mass is 9.95. The number of amides is 1. The fraction of sp³-hybridized carbons (Fsp3) is 0.333. The number of ether oxygens (including phenoxy) is 1. The molecule has 3 rings (SSSR count). The van der Waals surface area contributed by atoms with E-state index in [9.17, 15) is 19.1 Å². The van der Waals surface area contributed by atoms with E-state index in [2.05, 4.69) is 0 Å². The molecule has 0 bridgehead atoms. The minimum absolute atomic E-state index is 0.00519. The second-order valence-electron chi connectivity index (χ2n) is 7.56. The largest absolute Gasteiger partial charge is 0.507 e. The number of halogens is 1. The molecule has 1 heterocycles. The maximum atomic E-state index is 14.6. The van der Waals surface area contributed by atoms with Crippen molar-refractivity contribution in [3.8, 4) is 5.75 Å². The number of benzene rings is 2. The van der Waals surface area contributed by atoms with Crippen molar-refractivity contribution in [2.75, 3.05) is 6.54 Å². The van der Waals surface area contributed by atoms with Gasteiger partial charge in [0.15, 0.2) is 0 Å². The van der Waals surface area contributed by atoms with Crippen LogP contribution in [0.1, 0.15) is 50.8 Å². The highest BCUT2D eigenvalue weighted by Gasteiger charge is 2.46. The Morgan fingerprint density at radius 1 is 1.13 bits per heavy atom. The predicted octanol–water partition coefficient (Wildman–Crippen LogP) is 4.83. The number of likely N-dealkylation sites (tertiary alicyclic amines) is 1. The van der Waals surface area contributed by atoms with Crippen LogP contribution in [-0.4, -0.2) is 34.3 Å². The Labute approximate surface area is 175 Å². The molecular formula is C24H26FNO4. The van der Waals surface area contributed by atoms with Crippen LogP contribution in [0.2, 0.25) is 0 Å². The summed E-state index contributed by atoms with van der Waals surface area (Å²) in [5.74, 6) is -1.76. The summed E-state index contributed by atoms with van der Waals surface area (Å²) in [6, 6.07) is 11.6. The number of hydrogen-bond acceptors (Lipinski definition) is 4. The maximum Gasteiger partial charge on any atom is 0.295 e. The number of unbranched alkanes of at least 4 members (excludes halogenated alkanes) is 1. The second kappa shape index (κ2) is 9.11. The standard InChI is InChI=1S/C24H26FNO4/c1-4-5-14-26-21(18-8-6-7-9-19(18)25)20(23(28)24(26)29)22(27)16-10-12-17(13-11-16)30-15(2)3/h6-13,15,21,27H,4-5,14H2,1-3H3/b22-20-. The van der Waals surface area contributed by atoms with Gasteiger partial charge in [-0.05, 0) is 50.6 Å². The van der Waals surface area contributed by atoms with Crippen molar-refractivity contribution in [3.05, 3.63) is 71.0 Å². The van der Waals surface area contributed by atoms with Gasteiger partial charge in [0.25, 0.3) is 11.7 Å². The van der Waals surface area contributed by atoms with Crippen LogP contribution in [0, 0.1) is 5.82 Å². The lowest BCUT2D eigenvalue weighted by molar-refractivity contribution is -0.139. The third kappa shape index (κ3) is 4.22. The first-order chi connectivity index (χ1) is 14.3. The zero-order valence-electron chi connectivity index (χ0n) is 17.4. The molecule has 2 aromatic carbocycles. The zero-order valence-corrected chi connectivity index (χ0v) is 17.4. The molecule has 1 amide bonds. The molecule has 1 atom stereocenters. The topological polar surface area (TPSA) is 66.8 Å². The van der Waals surface area contributed by atoms with E-state index < -0.39 is 23.5 Å². The van der Waals surface area contributed by atoms with Crippen molar-refractivity contribution in [1.29, 1.82) is 0 Å². The van der Waals surface area contributed by atoms with Crippen molar-refractivity contribution < 1.29 is 23.8 Å². The van der Waals surface area contributed by atoms with Crippen LogP contribution in [0.3, 0.4) is 0 Å². The molecule has 0 saturated carbocycles. The van der Waals surface area contributed by atoms with Gasteiger partial charge in [-0.2, -0.15) is 0 Å². The smallest absolute Gasteiger partial charge is 0.295 e. The fourth-order valence-electron chi connectivity index (χ4n) is 3.58. The monoisotopic (exact) mass is 411 g/mol. The van der Waals surface area contributed by atoms with Gasteiger partial charge < -0.3 is 14.7 Å². The lowest BCUT2D eigenvalue weighted by Crippen LogP contribution is -2.31. The second-order valence-corrected chi connectivity index (χ2v) is 7.56. The Balaban J connectivity index is 2.10. The molecule has 6 heteroatoms. The molecule has 0 aliphatic carbocycles. The summed E-state index contributed by atoms with van der Waals surface area (Å²) < 4.78 is 20.2. The molecule has 0 radical (unpaired) electrons. The first-order valence-electron chi connectivity index (χ1n) is 10.1. The van der Waals surface area contributed by atoms with Crippen LogP contribution in [0.4, 0.5) is 4.39 Å². The summed E-state index contributed by atoms with van der Waals surface area (Å²) >= 11 is 0. The molecule has 0 aromatic heterocycles. The molecule has 1 aliphatic rings. The van der Waals surface area contributed by atoms with Gasteiger partial charge in [-0.3, -0.25) is 9.59 Å². The van der Waals surface area contributed by atoms with Crippen LogP contribution >= 0.6 is 0 Å². The summed E-state index contributed by atoms with van der Waals surface area (Å²) in [5, 5.41) is 11.0. The van der Waals surface area contributed by atoms with E-state index in [0.29, 0.717) is 24.3 Å². The number of carbonyl (C=O) groups is 2. The molecule has 1 saturated heterocycles. The van der Waals surface area contributed by atoms with Gasteiger partial charge in [0, 0.05) is 17.7 Å². The number of aliphatic hydroxyl groups excluding tert-OH is 1. The SMILES string of the molecule is CCCCN1C(=O)C(=O)/C(=C(\O)c2ccc(OC(C)C)cc2)C1c1ccccc1F. The Bertz CT molecular complexity index is 965. The number of Topliss-reactive ketones (excluding diaryl/α,β-unsaturated/α-hetero) is 1. The van der Waals surface area contributed by atoms with Crippen LogP contribution < -0.4 is 4.74 Å². The summed E-state index contributed by atoms with van der Waals surface area (Å²) in [7, 11) is 0. The average molecular weight is 411 g/mol. The quantitative estimate of drug-likeness (QED) is 0.402. The van der Waals surface area contributed by atoms with Crippen molar-refractivity contribution in [2.24, 2.45) is 0 Å². The highest BCUT2D eigenvalue weighted by molar-refractivity contribution is 6.46. The summed E-state index contributed by atoms with van der Waals surface area (Å²) in [6.07, 6.45) is 1.47. The number of nitrogens with zero attached hydrogens (tertiary/aromatic N) is 1. The van der Waals surface area contributed by atoms with Crippen LogP contribution in [-0.2, 0) is 9.59 Å². The third-order valence-electron chi connectivity index (χ3n) is 4.99. The normalized spacial score (nSPS) is 18.3. The minimum atomic E-state index is -0.968. The number of rotatable bonds is 7. The summed E-state index contributed by atoms with van der Waals surface area (Å²) in [4.78, 5) is 26.9. The van der Waals surface area contributed by atoms with E-state index in [1.165, 1.54) is 17.0 Å².